The van der Waals surface area contributed by atoms with Gasteiger partial charge in [0.2, 0.25) is 5.91 Å². The van der Waals surface area contributed by atoms with Crippen LogP contribution in [0.4, 0.5) is 5.13 Å². The molecule has 5 nitrogen and oxygen atoms in total. The van der Waals surface area contributed by atoms with E-state index in [0.29, 0.717) is 13.0 Å². The van der Waals surface area contributed by atoms with Crippen LogP contribution in [-0.2, 0) is 11.2 Å². The van der Waals surface area contributed by atoms with Gasteiger partial charge >= 0.3 is 0 Å². The van der Waals surface area contributed by atoms with Crippen LogP contribution in [0, 0.1) is 0 Å². The Morgan fingerprint density at radius 2 is 1.92 bits per heavy atom. The fourth-order valence-corrected chi connectivity index (χ4v) is 3.59. The SMILES string of the molecule is Cl.Cl.NC(Cc1ccccc1)C(=O)N1CCCN(c2nccs2)CC1. The Morgan fingerprint density at radius 1 is 1.16 bits per heavy atom. The number of hydrogen-bond donors (Lipinski definition) is 1. The first-order chi connectivity index (χ1) is 11.2. The normalized spacial score (nSPS) is 15.6. The maximum atomic E-state index is 12.6. The molecule has 2 aromatic rings. The number of halogens is 2. The van der Waals surface area contributed by atoms with Gasteiger partial charge in [-0.25, -0.2) is 4.98 Å². The van der Waals surface area contributed by atoms with E-state index in [2.05, 4.69) is 9.88 Å². The molecule has 1 saturated heterocycles. The smallest absolute Gasteiger partial charge is 0.239 e. The first-order valence-electron chi connectivity index (χ1n) is 7.97. The van der Waals surface area contributed by atoms with Gasteiger partial charge in [0, 0.05) is 37.8 Å². The molecule has 0 radical (unpaired) electrons. The highest BCUT2D eigenvalue weighted by atomic mass is 35.5. The molecule has 1 aromatic heterocycles. The fourth-order valence-electron chi connectivity index (χ4n) is 2.89. The van der Waals surface area contributed by atoms with Crippen LogP contribution in [0.15, 0.2) is 41.9 Å². The molecular formula is C17H24Cl2N4OS. The predicted octanol–water partition coefficient (Wildman–Crippen LogP) is 2.60. The van der Waals surface area contributed by atoms with E-state index in [9.17, 15) is 4.79 Å². The van der Waals surface area contributed by atoms with Crippen molar-refractivity contribution < 1.29 is 4.79 Å². The van der Waals surface area contributed by atoms with Crippen molar-refractivity contribution in [2.75, 3.05) is 31.1 Å². The van der Waals surface area contributed by atoms with Gasteiger partial charge in [-0.15, -0.1) is 36.2 Å². The molecule has 138 valence electrons. The number of carbonyl (C=O) groups excluding carboxylic acids is 1. The van der Waals surface area contributed by atoms with E-state index in [0.717, 1.165) is 36.8 Å². The molecule has 3 rings (SSSR count). The van der Waals surface area contributed by atoms with Crippen LogP contribution in [-0.4, -0.2) is 48.0 Å². The summed E-state index contributed by atoms with van der Waals surface area (Å²) >= 11 is 1.64. The lowest BCUT2D eigenvalue weighted by Crippen LogP contribution is -2.46. The van der Waals surface area contributed by atoms with Crippen molar-refractivity contribution in [3.63, 3.8) is 0 Å². The Morgan fingerprint density at radius 3 is 2.60 bits per heavy atom. The van der Waals surface area contributed by atoms with Crippen molar-refractivity contribution >= 4 is 47.2 Å². The van der Waals surface area contributed by atoms with Gasteiger partial charge in [-0.1, -0.05) is 30.3 Å². The highest BCUT2D eigenvalue weighted by Crippen LogP contribution is 2.19. The van der Waals surface area contributed by atoms with Crippen LogP contribution in [0.5, 0.6) is 0 Å². The number of aromatic nitrogens is 1. The summed E-state index contributed by atoms with van der Waals surface area (Å²) in [6, 6.07) is 9.48. The molecular weight excluding hydrogens is 379 g/mol. The summed E-state index contributed by atoms with van der Waals surface area (Å²) in [5.74, 6) is 0.0508. The largest absolute Gasteiger partial charge is 0.346 e. The molecule has 1 aliphatic heterocycles. The summed E-state index contributed by atoms with van der Waals surface area (Å²) < 4.78 is 0. The van der Waals surface area contributed by atoms with E-state index in [4.69, 9.17) is 5.73 Å². The lowest BCUT2D eigenvalue weighted by molar-refractivity contribution is -0.132. The van der Waals surface area contributed by atoms with E-state index in [1.807, 2.05) is 46.8 Å². The van der Waals surface area contributed by atoms with Crippen molar-refractivity contribution in [2.45, 2.75) is 18.9 Å². The monoisotopic (exact) mass is 402 g/mol. The van der Waals surface area contributed by atoms with E-state index >= 15 is 0 Å². The predicted molar refractivity (Wildman–Crippen MR) is 108 cm³/mol. The minimum atomic E-state index is -0.469. The molecule has 25 heavy (non-hydrogen) atoms. The molecule has 2 heterocycles. The lowest BCUT2D eigenvalue weighted by Gasteiger charge is -2.24. The molecule has 1 amide bonds. The van der Waals surface area contributed by atoms with Crippen molar-refractivity contribution in [3.8, 4) is 0 Å². The average molecular weight is 403 g/mol. The Bertz CT molecular complexity index is 627. The molecule has 0 bridgehead atoms. The number of carbonyl (C=O) groups is 1. The van der Waals surface area contributed by atoms with Crippen molar-refractivity contribution in [3.05, 3.63) is 47.5 Å². The number of nitrogens with two attached hydrogens (primary N) is 1. The Hall–Kier alpha value is -1.34. The number of thiazole rings is 1. The number of rotatable bonds is 4. The number of hydrogen-bond acceptors (Lipinski definition) is 5. The summed E-state index contributed by atoms with van der Waals surface area (Å²) in [7, 11) is 0. The van der Waals surface area contributed by atoms with Gasteiger partial charge in [-0.3, -0.25) is 4.79 Å². The van der Waals surface area contributed by atoms with Crippen molar-refractivity contribution in [1.82, 2.24) is 9.88 Å². The van der Waals surface area contributed by atoms with Crippen LogP contribution in [0.2, 0.25) is 0 Å². The summed E-state index contributed by atoms with van der Waals surface area (Å²) in [6.07, 6.45) is 3.36. The van der Waals surface area contributed by atoms with Gasteiger partial charge in [0.05, 0.1) is 6.04 Å². The zero-order valence-electron chi connectivity index (χ0n) is 13.9. The second-order valence-electron chi connectivity index (χ2n) is 5.78. The van der Waals surface area contributed by atoms with Crippen LogP contribution in [0.3, 0.4) is 0 Å². The van der Waals surface area contributed by atoms with Gasteiger partial charge in [-0.05, 0) is 18.4 Å². The third-order valence-corrected chi connectivity index (χ3v) is 4.95. The van der Waals surface area contributed by atoms with E-state index < -0.39 is 6.04 Å². The van der Waals surface area contributed by atoms with Crippen LogP contribution in [0.25, 0.3) is 0 Å². The molecule has 2 N–H and O–H groups in total. The lowest BCUT2D eigenvalue weighted by atomic mass is 10.1. The van der Waals surface area contributed by atoms with Gasteiger partial charge in [0.25, 0.3) is 0 Å². The van der Waals surface area contributed by atoms with Gasteiger partial charge in [0.15, 0.2) is 5.13 Å². The second-order valence-corrected chi connectivity index (χ2v) is 6.65. The van der Waals surface area contributed by atoms with Crippen LogP contribution >= 0.6 is 36.2 Å². The molecule has 1 aliphatic rings. The first-order valence-corrected chi connectivity index (χ1v) is 8.85. The van der Waals surface area contributed by atoms with Gasteiger partial charge in [0.1, 0.15) is 0 Å². The van der Waals surface area contributed by atoms with Crippen LogP contribution < -0.4 is 10.6 Å². The maximum Gasteiger partial charge on any atom is 0.239 e. The third-order valence-electron chi connectivity index (χ3n) is 4.11. The fraction of sp³-hybridized carbons (Fsp3) is 0.412. The minimum Gasteiger partial charge on any atom is -0.346 e. The molecule has 1 aromatic carbocycles. The molecule has 1 fully saturated rings. The zero-order valence-corrected chi connectivity index (χ0v) is 16.4. The summed E-state index contributed by atoms with van der Waals surface area (Å²) in [5.41, 5.74) is 7.25. The number of amides is 1. The Labute approximate surface area is 165 Å². The highest BCUT2D eigenvalue weighted by Gasteiger charge is 2.24. The molecule has 0 aliphatic carbocycles. The molecule has 0 spiro atoms. The molecule has 1 unspecified atom stereocenters. The Kier molecular flexibility index (Phi) is 9.21. The van der Waals surface area contributed by atoms with Gasteiger partial charge < -0.3 is 15.5 Å². The van der Waals surface area contributed by atoms with Crippen LogP contribution in [0.1, 0.15) is 12.0 Å². The van der Waals surface area contributed by atoms with E-state index in [-0.39, 0.29) is 30.7 Å². The maximum absolute atomic E-state index is 12.6. The van der Waals surface area contributed by atoms with Gasteiger partial charge in [-0.2, -0.15) is 0 Å². The summed E-state index contributed by atoms with van der Waals surface area (Å²) in [4.78, 5) is 21.1. The zero-order chi connectivity index (χ0) is 16.1. The minimum absolute atomic E-state index is 0. The average Bonchev–Trinajstić information content (AvgIpc) is 3.00. The highest BCUT2D eigenvalue weighted by molar-refractivity contribution is 7.13. The Balaban J connectivity index is 0.00000156. The van der Waals surface area contributed by atoms with Crippen molar-refractivity contribution in [1.29, 1.82) is 0 Å². The number of nitrogens with zero attached hydrogens (tertiary/aromatic N) is 3. The molecule has 0 saturated carbocycles. The molecule has 1 atom stereocenters. The standard InChI is InChI=1S/C17H22N4OS.2ClH/c18-15(13-14-5-2-1-3-6-14)16(22)20-8-4-9-21(11-10-20)17-19-7-12-23-17;;/h1-3,5-7,12,15H,4,8-11,13,18H2;2*1H. The van der Waals surface area contributed by atoms with E-state index in [1.165, 1.54) is 0 Å². The molecule has 8 heteroatoms. The summed E-state index contributed by atoms with van der Waals surface area (Å²) in [5, 5.41) is 3.02. The number of benzene rings is 1. The first kappa shape index (κ1) is 21.7. The second kappa shape index (κ2) is 10.6. The quantitative estimate of drug-likeness (QED) is 0.853. The summed E-state index contributed by atoms with van der Waals surface area (Å²) in [6.45, 7) is 3.23. The third kappa shape index (κ3) is 5.85. The number of anilines is 1. The van der Waals surface area contributed by atoms with Crippen molar-refractivity contribution in [2.24, 2.45) is 5.73 Å². The topological polar surface area (TPSA) is 62.5 Å². The van der Waals surface area contributed by atoms with E-state index in [1.54, 1.807) is 11.3 Å².